The van der Waals surface area contributed by atoms with Crippen LogP contribution in [0, 0.1) is 52.5 Å². The Labute approximate surface area is 144 Å². The molecule has 0 radical (unpaired) electrons. The molecule has 0 aromatic rings. The Bertz CT molecular complexity index is 196. The van der Waals surface area contributed by atoms with Crippen molar-refractivity contribution in [2.45, 2.75) is 77.0 Å². The summed E-state index contributed by atoms with van der Waals surface area (Å²) >= 11 is 0. The second-order valence-corrected chi connectivity index (χ2v) is 5.65. The van der Waals surface area contributed by atoms with E-state index in [4.69, 9.17) is 5.11 Å². The maximum Gasteiger partial charge on any atom is 0.0443 e. The summed E-state index contributed by atoms with van der Waals surface area (Å²) in [6.07, 6.45) is 7.56. The molecule has 0 aromatic carbocycles. The molecule has 0 bridgehead atoms. The van der Waals surface area contributed by atoms with Crippen LogP contribution in [-0.2, 0) is 0 Å². The van der Waals surface area contributed by atoms with Gasteiger partial charge in [0.1, 0.15) is 0 Å². The van der Waals surface area contributed by atoms with Crippen LogP contribution in [-0.4, -0.2) is 28.4 Å². The SMILES string of the molecule is CC(C)NC(CC1CCCCC1)C(O)C[CH-]O.[Gd]. The minimum absolute atomic E-state index is 0. The Balaban J connectivity index is 0.00000289. The van der Waals surface area contributed by atoms with E-state index in [0.717, 1.165) is 18.9 Å². The summed E-state index contributed by atoms with van der Waals surface area (Å²) in [5.74, 6) is 0.744. The largest absolute Gasteiger partial charge is 0.566 e. The van der Waals surface area contributed by atoms with E-state index in [1.165, 1.54) is 32.1 Å². The third-order valence-corrected chi connectivity index (χ3v) is 3.67. The zero-order valence-electron chi connectivity index (χ0n) is 11.6. The maximum atomic E-state index is 10.0. The minimum atomic E-state index is -0.468. The van der Waals surface area contributed by atoms with Crippen molar-refractivity contribution in [1.82, 2.24) is 5.32 Å². The summed E-state index contributed by atoms with van der Waals surface area (Å²) in [5.41, 5.74) is 0. The second-order valence-electron chi connectivity index (χ2n) is 5.65. The number of aliphatic hydroxyl groups excluding tert-OH is 2. The predicted molar refractivity (Wildman–Crippen MR) is 70.1 cm³/mol. The molecule has 0 aromatic heterocycles. The van der Waals surface area contributed by atoms with Gasteiger partial charge in [0.2, 0.25) is 0 Å². The first kappa shape index (κ1) is 19.2. The van der Waals surface area contributed by atoms with Gasteiger partial charge >= 0.3 is 0 Å². The van der Waals surface area contributed by atoms with Crippen molar-refractivity contribution in [1.29, 1.82) is 0 Å². The summed E-state index contributed by atoms with van der Waals surface area (Å²) in [5, 5.41) is 22.3. The molecule has 4 heteroatoms. The van der Waals surface area contributed by atoms with Crippen molar-refractivity contribution >= 4 is 0 Å². The summed E-state index contributed by atoms with van der Waals surface area (Å²) < 4.78 is 0. The average molecular weight is 400 g/mol. The fraction of sp³-hybridized carbons (Fsp3) is 0.929. The van der Waals surface area contributed by atoms with Gasteiger partial charge in [-0.05, 0) is 12.3 Å². The van der Waals surface area contributed by atoms with E-state index in [1.54, 1.807) is 0 Å². The van der Waals surface area contributed by atoms with Gasteiger partial charge in [0.05, 0.1) is 0 Å². The molecule has 0 saturated heterocycles. The van der Waals surface area contributed by atoms with Crippen LogP contribution in [0.4, 0.5) is 0 Å². The smallest absolute Gasteiger partial charge is 0.0443 e. The van der Waals surface area contributed by atoms with Crippen LogP contribution in [0.15, 0.2) is 0 Å². The summed E-state index contributed by atoms with van der Waals surface area (Å²) in [4.78, 5) is 0. The molecule has 0 heterocycles. The molecule has 110 valence electrons. The van der Waals surface area contributed by atoms with Crippen molar-refractivity contribution in [3.63, 3.8) is 0 Å². The van der Waals surface area contributed by atoms with E-state index < -0.39 is 6.10 Å². The first-order valence-electron chi connectivity index (χ1n) is 7.03. The topological polar surface area (TPSA) is 52.5 Å². The van der Waals surface area contributed by atoms with Crippen molar-refractivity contribution in [3.8, 4) is 0 Å². The number of rotatable bonds is 7. The van der Waals surface area contributed by atoms with Crippen LogP contribution in [0.3, 0.4) is 0 Å². The van der Waals surface area contributed by atoms with Crippen LogP contribution in [0.5, 0.6) is 0 Å². The molecular weight excluding hydrogens is 371 g/mol. The molecule has 0 amide bonds. The zero-order valence-corrected chi connectivity index (χ0v) is 13.9. The monoisotopic (exact) mass is 400 g/mol. The zero-order chi connectivity index (χ0) is 12.7. The molecule has 3 nitrogen and oxygen atoms in total. The summed E-state index contributed by atoms with van der Waals surface area (Å²) in [7, 11) is 0. The van der Waals surface area contributed by atoms with Crippen molar-refractivity contribution in [3.05, 3.63) is 6.61 Å². The van der Waals surface area contributed by atoms with Gasteiger partial charge in [0.15, 0.2) is 0 Å². The maximum absolute atomic E-state index is 10.0. The van der Waals surface area contributed by atoms with E-state index in [-0.39, 0.29) is 46.0 Å². The average Bonchev–Trinajstić information content (AvgIpc) is 2.29. The predicted octanol–water partition coefficient (Wildman–Crippen LogP) is 2.61. The molecule has 1 aliphatic rings. The van der Waals surface area contributed by atoms with Crippen LogP contribution in [0.25, 0.3) is 0 Å². The normalized spacial score (nSPS) is 20.5. The fourth-order valence-corrected chi connectivity index (χ4v) is 2.82. The number of hydrogen-bond donors (Lipinski definition) is 3. The van der Waals surface area contributed by atoms with Gasteiger partial charge in [-0.1, -0.05) is 46.0 Å². The van der Waals surface area contributed by atoms with E-state index in [1.807, 2.05) is 0 Å². The second kappa shape index (κ2) is 10.9. The standard InChI is InChI=1S/C14H28NO2.Gd/c1-11(2)15-13(14(17)8-9-16)10-12-6-4-3-5-7-12;/h9,11-17H,3-8,10H2,1-2H3;/q-1;. The first-order chi connectivity index (χ1) is 8.13. The van der Waals surface area contributed by atoms with Crippen molar-refractivity contribution in [2.24, 2.45) is 5.92 Å². The van der Waals surface area contributed by atoms with Gasteiger partial charge in [-0.25, -0.2) is 6.61 Å². The molecule has 0 aliphatic heterocycles. The molecule has 18 heavy (non-hydrogen) atoms. The molecule has 2 atom stereocenters. The summed E-state index contributed by atoms with van der Waals surface area (Å²) in [6, 6.07) is 0.485. The Kier molecular flexibility index (Phi) is 11.7. The molecule has 1 saturated carbocycles. The van der Waals surface area contributed by atoms with E-state index in [9.17, 15) is 5.11 Å². The molecule has 0 spiro atoms. The van der Waals surface area contributed by atoms with Gasteiger partial charge in [-0.2, -0.15) is 0 Å². The Hall–Kier alpha value is 1.20. The first-order valence-corrected chi connectivity index (χ1v) is 7.03. The molecule has 1 aliphatic carbocycles. The van der Waals surface area contributed by atoms with E-state index in [0.29, 0.717) is 12.5 Å². The number of hydrogen-bond acceptors (Lipinski definition) is 3. The molecule has 1 fully saturated rings. The van der Waals surface area contributed by atoms with Crippen LogP contribution in [0.1, 0.15) is 58.8 Å². The van der Waals surface area contributed by atoms with Gasteiger partial charge < -0.3 is 15.5 Å². The van der Waals surface area contributed by atoms with Crippen LogP contribution < -0.4 is 5.32 Å². The van der Waals surface area contributed by atoms with Gasteiger partial charge in [0, 0.05) is 58.1 Å². The molecule has 1 rings (SSSR count). The van der Waals surface area contributed by atoms with Gasteiger partial charge in [-0.15, -0.1) is 6.42 Å². The van der Waals surface area contributed by atoms with Crippen molar-refractivity contribution in [2.75, 3.05) is 0 Å². The number of aliphatic hydroxyl groups is 2. The molecule has 3 N–H and O–H groups in total. The van der Waals surface area contributed by atoms with Crippen LogP contribution in [0.2, 0.25) is 0 Å². The fourth-order valence-electron chi connectivity index (χ4n) is 2.82. The van der Waals surface area contributed by atoms with Crippen LogP contribution >= 0.6 is 0 Å². The molecular formula is C14H28GdNO2-. The van der Waals surface area contributed by atoms with Crippen molar-refractivity contribution < 1.29 is 50.2 Å². The Morgan fingerprint density at radius 2 is 1.83 bits per heavy atom. The Morgan fingerprint density at radius 1 is 1.22 bits per heavy atom. The quantitative estimate of drug-likeness (QED) is 0.577. The van der Waals surface area contributed by atoms with E-state index >= 15 is 0 Å². The van der Waals surface area contributed by atoms with Gasteiger partial charge in [0.25, 0.3) is 0 Å². The minimum Gasteiger partial charge on any atom is -0.566 e. The third kappa shape index (κ3) is 7.71. The third-order valence-electron chi connectivity index (χ3n) is 3.67. The Morgan fingerprint density at radius 3 is 2.33 bits per heavy atom. The summed E-state index contributed by atoms with van der Waals surface area (Å²) in [6.45, 7) is 5.27. The number of nitrogens with one attached hydrogen (secondary N) is 1. The van der Waals surface area contributed by atoms with Gasteiger partial charge in [-0.3, -0.25) is 0 Å². The molecule has 2 unspecified atom stereocenters. The van der Waals surface area contributed by atoms with E-state index in [2.05, 4.69) is 19.2 Å².